The van der Waals surface area contributed by atoms with Crippen LogP contribution in [0.4, 0.5) is 4.39 Å². The maximum absolute atomic E-state index is 16.9. The van der Waals surface area contributed by atoms with Crippen LogP contribution in [0, 0.1) is 22.7 Å². The lowest BCUT2D eigenvalue weighted by Gasteiger charge is -2.60. The third-order valence-electron chi connectivity index (χ3n) is 8.73. The molecule has 5 heteroatoms. The molecule has 30 heavy (non-hydrogen) atoms. The Bertz CT molecular complexity index is 837. The first-order chi connectivity index (χ1) is 13.8. The van der Waals surface area contributed by atoms with Crippen molar-refractivity contribution in [3.05, 3.63) is 23.3 Å². The van der Waals surface area contributed by atoms with Gasteiger partial charge in [-0.25, -0.2) is 4.39 Å². The van der Waals surface area contributed by atoms with Crippen molar-refractivity contribution in [3.63, 3.8) is 0 Å². The number of fused-ring (bicyclic) bond motifs is 5. The van der Waals surface area contributed by atoms with Gasteiger partial charge in [-0.3, -0.25) is 9.59 Å². The van der Waals surface area contributed by atoms with Gasteiger partial charge in [-0.2, -0.15) is 0 Å². The first kappa shape index (κ1) is 21.7. The molecule has 4 rings (SSSR count). The number of allylic oxidation sites excluding steroid dienone is 4. The van der Waals surface area contributed by atoms with Gasteiger partial charge in [0.1, 0.15) is 11.8 Å². The Morgan fingerprint density at radius 3 is 2.60 bits per heavy atom. The van der Waals surface area contributed by atoms with Gasteiger partial charge >= 0.3 is 5.97 Å². The second-order valence-corrected chi connectivity index (χ2v) is 11.2. The van der Waals surface area contributed by atoms with Crippen molar-refractivity contribution in [2.45, 2.75) is 96.9 Å². The van der Waals surface area contributed by atoms with Gasteiger partial charge in [0, 0.05) is 10.8 Å². The van der Waals surface area contributed by atoms with Crippen LogP contribution in [0.25, 0.3) is 0 Å². The summed E-state index contributed by atoms with van der Waals surface area (Å²) in [4.78, 5) is 24.6. The lowest BCUT2D eigenvalue weighted by Crippen LogP contribution is -2.60. The highest BCUT2D eigenvalue weighted by atomic mass is 19.1. The van der Waals surface area contributed by atoms with E-state index in [2.05, 4.69) is 6.92 Å². The first-order valence-corrected chi connectivity index (χ1v) is 11.4. The smallest absolute Gasteiger partial charge is 0.308 e. The molecule has 0 saturated heterocycles. The van der Waals surface area contributed by atoms with E-state index in [0.717, 1.165) is 31.3 Å². The van der Waals surface area contributed by atoms with Crippen molar-refractivity contribution in [1.29, 1.82) is 0 Å². The van der Waals surface area contributed by atoms with Crippen molar-refractivity contribution in [1.82, 2.24) is 0 Å². The molecule has 3 saturated carbocycles. The quantitative estimate of drug-likeness (QED) is 0.666. The topological polar surface area (TPSA) is 63.6 Å². The number of rotatable bonds is 3. The highest BCUT2D eigenvalue weighted by molar-refractivity contribution is 6.05. The van der Waals surface area contributed by atoms with Crippen molar-refractivity contribution in [2.75, 3.05) is 0 Å². The normalized spacial score (nSPS) is 43.2. The minimum atomic E-state index is -1.38. The summed E-state index contributed by atoms with van der Waals surface area (Å²) >= 11 is 0. The number of esters is 1. The average Bonchev–Trinajstić information content (AvgIpc) is 2.93. The summed E-state index contributed by atoms with van der Waals surface area (Å²) in [5.41, 5.74) is -1.88. The number of hydrogen-bond donors (Lipinski definition) is 1. The molecule has 0 spiro atoms. The summed E-state index contributed by atoms with van der Waals surface area (Å²) < 4.78 is 22.8. The zero-order chi connectivity index (χ0) is 22.1. The van der Waals surface area contributed by atoms with Crippen LogP contribution in [0.5, 0.6) is 0 Å². The van der Waals surface area contributed by atoms with Gasteiger partial charge < -0.3 is 9.84 Å². The molecule has 0 aromatic carbocycles. The Balaban J connectivity index is 1.60. The number of aliphatic hydroxyl groups is 1. The van der Waals surface area contributed by atoms with Gasteiger partial charge in [0.15, 0.2) is 5.78 Å². The summed E-state index contributed by atoms with van der Waals surface area (Å²) in [6.07, 6.45) is 7.46. The van der Waals surface area contributed by atoms with Crippen LogP contribution in [-0.4, -0.2) is 34.2 Å². The molecule has 6 atom stereocenters. The van der Waals surface area contributed by atoms with Crippen molar-refractivity contribution < 1.29 is 23.8 Å². The molecule has 0 heterocycles. The van der Waals surface area contributed by atoms with Crippen LogP contribution in [0.15, 0.2) is 23.3 Å². The Labute approximate surface area is 178 Å². The van der Waals surface area contributed by atoms with Crippen LogP contribution in [-0.2, 0) is 14.3 Å². The van der Waals surface area contributed by atoms with E-state index in [9.17, 15) is 14.7 Å². The first-order valence-electron chi connectivity index (χ1n) is 11.4. The molecule has 0 aromatic heterocycles. The summed E-state index contributed by atoms with van der Waals surface area (Å²) in [5.74, 6) is -0.323. The van der Waals surface area contributed by atoms with E-state index in [1.807, 2.05) is 13.0 Å². The molecule has 3 fully saturated rings. The maximum atomic E-state index is 16.9. The SMILES string of the molecule is CC1=C[C@@]2(C)C(=CC1=O)CC[C@H]1[C@@H]3CC[C@@H](OC(=O)CC(C)(C)O)[C@@]3(C)CC[C@@]12F. The van der Waals surface area contributed by atoms with E-state index >= 15 is 4.39 Å². The van der Waals surface area contributed by atoms with Crippen LogP contribution in [0.1, 0.15) is 79.6 Å². The monoisotopic (exact) mass is 418 g/mol. The molecule has 0 amide bonds. The van der Waals surface area contributed by atoms with E-state index in [4.69, 9.17) is 4.74 Å². The molecule has 0 bridgehead atoms. The fourth-order valence-corrected chi connectivity index (χ4v) is 7.06. The third kappa shape index (κ3) is 3.11. The predicted octanol–water partition coefficient (Wildman–Crippen LogP) is 4.85. The molecular formula is C25H35FO4. The number of ether oxygens (including phenoxy) is 1. The zero-order valence-corrected chi connectivity index (χ0v) is 18.9. The number of alkyl halides is 1. The van der Waals surface area contributed by atoms with E-state index in [1.54, 1.807) is 26.8 Å². The number of ketones is 1. The van der Waals surface area contributed by atoms with E-state index < -0.39 is 16.7 Å². The van der Waals surface area contributed by atoms with Gasteiger partial charge in [0.2, 0.25) is 0 Å². The fourth-order valence-electron chi connectivity index (χ4n) is 7.06. The lowest BCUT2D eigenvalue weighted by atomic mass is 9.46. The Morgan fingerprint density at radius 1 is 1.23 bits per heavy atom. The highest BCUT2D eigenvalue weighted by Gasteiger charge is 2.67. The van der Waals surface area contributed by atoms with E-state index in [0.29, 0.717) is 18.4 Å². The van der Waals surface area contributed by atoms with E-state index in [-0.39, 0.29) is 41.5 Å². The lowest BCUT2D eigenvalue weighted by molar-refractivity contribution is -0.170. The zero-order valence-electron chi connectivity index (χ0n) is 18.9. The van der Waals surface area contributed by atoms with Crippen molar-refractivity contribution in [3.8, 4) is 0 Å². The summed E-state index contributed by atoms with van der Waals surface area (Å²) in [5, 5.41) is 9.94. The molecule has 4 aliphatic carbocycles. The average molecular weight is 419 g/mol. The molecular weight excluding hydrogens is 383 g/mol. The standard InChI is InChI=1S/C25H35FO4/c1-15-13-24(5)16(12-19(15)27)6-7-18-17-8-9-20(30-21(28)14-22(2,3)29)23(17,4)10-11-25(18,24)26/h12-13,17-18,20,29H,6-11,14H2,1-5H3/t17-,18-,20+,23-,24-,25+/m0/s1. The maximum Gasteiger partial charge on any atom is 0.308 e. The molecule has 0 aromatic rings. The number of hydrogen-bond acceptors (Lipinski definition) is 4. The molecule has 166 valence electrons. The molecule has 0 radical (unpaired) electrons. The van der Waals surface area contributed by atoms with Gasteiger partial charge in [-0.1, -0.05) is 18.6 Å². The van der Waals surface area contributed by atoms with Crippen molar-refractivity contribution >= 4 is 11.8 Å². The number of carbonyl (C=O) groups excluding carboxylic acids is 2. The molecule has 4 nitrogen and oxygen atoms in total. The minimum Gasteiger partial charge on any atom is -0.462 e. The second kappa shape index (κ2) is 6.75. The van der Waals surface area contributed by atoms with Crippen LogP contribution < -0.4 is 0 Å². The molecule has 0 aliphatic heterocycles. The van der Waals surface area contributed by atoms with Crippen LogP contribution in [0.3, 0.4) is 0 Å². The summed E-state index contributed by atoms with van der Waals surface area (Å²) in [6.45, 7) is 9.12. The third-order valence-corrected chi connectivity index (χ3v) is 8.73. The van der Waals surface area contributed by atoms with Gasteiger partial charge in [0.25, 0.3) is 0 Å². The van der Waals surface area contributed by atoms with Crippen LogP contribution >= 0.6 is 0 Å². The van der Waals surface area contributed by atoms with Crippen molar-refractivity contribution in [2.24, 2.45) is 22.7 Å². The Morgan fingerprint density at radius 2 is 1.93 bits per heavy atom. The van der Waals surface area contributed by atoms with Gasteiger partial charge in [-0.15, -0.1) is 0 Å². The number of carbonyl (C=O) groups is 2. The van der Waals surface area contributed by atoms with Gasteiger partial charge in [-0.05, 0) is 89.7 Å². The molecule has 1 N–H and O–H groups in total. The second-order valence-electron chi connectivity index (χ2n) is 11.2. The van der Waals surface area contributed by atoms with E-state index in [1.165, 1.54) is 0 Å². The Kier molecular flexibility index (Phi) is 4.89. The van der Waals surface area contributed by atoms with Gasteiger partial charge in [0.05, 0.1) is 12.0 Å². The number of halogens is 1. The summed E-state index contributed by atoms with van der Waals surface area (Å²) in [6, 6.07) is 0. The fraction of sp³-hybridized carbons (Fsp3) is 0.760. The summed E-state index contributed by atoms with van der Waals surface area (Å²) in [7, 11) is 0. The molecule has 0 unspecified atom stereocenters. The predicted molar refractivity (Wildman–Crippen MR) is 112 cm³/mol. The Hall–Kier alpha value is -1.49. The largest absolute Gasteiger partial charge is 0.462 e. The highest BCUT2D eigenvalue weighted by Crippen LogP contribution is 2.68. The minimum absolute atomic E-state index is 0.00447. The molecule has 4 aliphatic rings. The van der Waals surface area contributed by atoms with Crippen LogP contribution in [0.2, 0.25) is 0 Å².